The van der Waals surface area contributed by atoms with Crippen LogP contribution in [-0.4, -0.2) is 24.2 Å². The van der Waals surface area contributed by atoms with E-state index in [-0.39, 0.29) is 11.0 Å². The molecular weight excluding hydrogens is 214 g/mol. The third kappa shape index (κ3) is 2.04. The van der Waals surface area contributed by atoms with Crippen LogP contribution in [0.1, 0.15) is 27.7 Å². The molecule has 2 rings (SSSR count). The summed E-state index contributed by atoms with van der Waals surface area (Å²) in [5, 5.41) is 6.95. The van der Waals surface area contributed by atoms with Crippen molar-refractivity contribution in [2.75, 3.05) is 24.3 Å². The molecule has 0 aromatic carbocycles. The smallest absolute Gasteiger partial charge is 0.215 e. The molecule has 0 radical (unpaired) electrons. The minimum absolute atomic E-state index is 0.0371. The Balaban J connectivity index is 2.42. The fourth-order valence-electron chi connectivity index (χ4n) is 1.80. The van der Waals surface area contributed by atoms with Crippen molar-refractivity contribution in [1.29, 1.82) is 0 Å². The van der Waals surface area contributed by atoms with Crippen LogP contribution in [-0.2, 0) is 0 Å². The molecule has 0 saturated heterocycles. The Hall–Kier alpha value is -1.45. The van der Waals surface area contributed by atoms with Crippen molar-refractivity contribution in [1.82, 2.24) is 4.98 Å². The maximum atomic E-state index is 5.16. The normalized spacial score (nSPS) is 20.5. The average Bonchev–Trinajstić information content (AvgIpc) is 2.34. The standard InChI is InChI=1S/C13H21N3O/c1-12(2)8-14-9-6-7-10(17-5)15-11(9)16-13(12,3)4/h6-7,14H,8H2,1-5H3,(H,15,16). The lowest BCUT2D eigenvalue weighted by molar-refractivity contribution is 0.245. The molecule has 0 amide bonds. The molecule has 94 valence electrons. The van der Waals surface area contributed by atoms with Crippen LogP contribution in [0.25, 0.3) is 0 Å². The lowest BCUT2D eigenvalue weighted by atomic mass is 9.75. The Bertz CT molecular complexity index is 427. The zero-order valence-electron chi connectivity index (χ0n) is 11.2. The molecule has 1 aromatic rings. The molecule has 2 heterocycles. The molecule has 1 aromatic heterocycles. The first-order valence-electron chi connectivity index (χ1n) is 5.93. The molecule has 0 spiro atoms. The molecule has 0 saturated carbocycles. The molecule has 4 nitrogen and oxygen atoms in total. The van der Waals surface area contributed by atoms with E-state index in [4.69, 9.17) is 4.74 Å². The number of methoxy groups -OCH3 is 1. The van der Waals surface area contributed by atoms with Gasteiger partial charge in [-0.25, -0.2) is 0 Å². The third-order valence-corrected chi connectivity index (χ3v) is 3.92. The van der Waals surface area contributed by atoms with Crippen LogP contribution in [0.2, 0.25) is 0 Å². The summed E-state index contributed by atoms with van der Waals surface area (Å²) in [5.41, 5.74) is 1.12. The summed E-state index contributed by atoms with van der Waals surface area (Å²) in [6.07, 6.45) is 0. The number of ether oxygens (including phenoxy) is 1. The SMILES string of the molecule is COc1ccc2c(n1)NC(C)(C)C(C)(C)CN2. The molecule has 0 atom stereocenters. The average molecular weight is 235 g/mol. The zero-order valence-corrected chi connectivity index (χ0v) is 11.2. The van der Waals surface area contributed by atoms with Crippen molar-refractivity contribution < 1.29 is 4.74 Å². The van der Waals surface area contributed by atoms with E-state index < -0.39 is 0 Å². The van der Waals surface area contributed by atoms with Gasteiger partial charge < -0.3 is 15.4 Å². The number of pyridine rings is 1. The van der Waals surface area contributed by atoms with Gasteiger partial charge in [-0.3, -0.25) is 0 Å². The molecule has 0 bridgehead atoms. The molecule has 0 aliphatic carbocycles. The minimum Gasteiger partial charge on any atom is -0.481 e. The van der Waals surface area contributed by atoms with Gasteiger partial charge in [0.15, 0.2) is 5.82 Å². The molecular formula is C13H21N3O. The Kier molecular flexibility index (Phi) is 2.68. The quantitative estimate of drug-likeness (QED) is 0.785. The van der Waals surface area contributed by atoms with E-state index in [9.17, 15) is 0 Å². The number of hydrogen-bond acceptors (Lipinski definition) is 4. The highest BCUT2D eigenvalue weighted by molar-refractivity contribution is 5.67. The van der Waals surface area contributed by atoms with Crippen molar-refractivity contribution in [3.05, 3.63) is 12.1 Å². The van der Waals surface area contributed by atoms with E-state index in [1.165, 1.54) is 0 Å². The maximum absolute atomic E-state index is 5.16. The second-order valence-corrected chi connectivity index (χ2v) is 5.74. The van der Waals surface area contributed by atoms with Crippen LogP contribution in [0.5, 0.6) is 5.88 Å². The van der Waals surface area contributed by atoms with Crippen molar-refractivity contribution in [2.45, 2.75) is 33.2 Å². The van der Waals surface area contributed by atoms with E-state index in [2.05, 4.69) is 43.3 Å². The van der Waals surface area contributed by atoms with Crippen LogP contribution in [0.15, 0.2) is 12.1 Å². The molecule has 0 fully saturated rings. The summed E-state index contributed by atoms with van der Waals surface area (Å²) in [4.78, 5) is 4.46. The number of hydrogen-bond donors (Lipinski definition) is 2. The predicted octanol–water partition coefficient (Wildman–Crippen LogP) is 2.73. The first kappa shape index (κ1) is 12.0. The second kappa shape index (κ2) is 3.79. The second-order valence-electron chi connectivity index (χ2n) is 5.74. The summed E-state index contributed by atoms with van der Waals surface area (Å²) < 4.78 is 5.16. The molecule has 1 aliphatic rings. The summed E-state index contributed by atoms with van der Waals surface area (Å²) in [6, 6.07) is 3.88. The first-order valence-corrected chi connectivity index (χ1v) is 5.93. The fourth-order valence-corrected chi connectivity index (χ4v) is 1.80. The minimum atomic E-state index is -0.0371. The van der Waals surface area contributed by atoms with Crippen molar-refractivity contribution >= 4 is 11.5 Å². The van der Waals surface area contributed by atoms with Crippen LogP contribution >= 0.6 is 0 Å². The van der Waals surface area contributed by atoms with E-state index in [1.54, 1.807) is 7.11 Å². The fraction of sp³-hybridized carbons (Fsp3) is 0.615. The number of nitrogens with one attached hydrogen (secondary N) is 2. The highest BCUT2D eigenvalue weighted by Gasteiger charge is 2.39. The zero-order chi connectivity index (χ0) is 12.7. The van der Waals surface area contributed by atoms with Gasteiger partial charge in [0.2, 0.25) is 5.88 Å². The topological polar surface area (TPSA) is 46.2 Å². The first-order chi connectivity index (χ1) is 7.86. The molecule has 0 unspecified atom stereocenters. The number of fused-ring (bicyclic) bond motifs is 1. The van der Waals surface area contributed by atoms with Crippen LogP contribution < -0.4 is 15.4 Å². The van der Waals surface area contributed by atoms with Gasteiger partial charge in [-0.15, -0.1) is 0 Å². The summed E-state index contributed by atoms with van der Waals surface area (Å²) in [5.74, 6) is 1.49. The van der Waals surface area contributed by atoms with Gasteiger partial charge >= 0.3 is 0 Å². The van der Waals surface area contributed by atoms with Crippen LogP contribution in [0.4, 0.5) is 11.5 Å². The van der Waals surface area contributed by atoms with Crippen molar-refractivity contribution in [2.24, 2.45) is 5.41 Å². The Morgan fingerprint density at radius 1 is 1.24 bits per heavy atom. The lowest BCUT2D eigenvalue weighted by Gasteiger charge is -2.40. The predicted molar refractivity (Wildman–Crippen MR) is 70.8 cm³/mol. The molecule has 1 aliphatic heterocycles. The van der Waals surface area contributed by atoms with Gasteiger partial charge in [-0.05, 0) is 19.9 Å². The third-order valence-electron chi connectivity index (χ3n) is 3.92. The van der Waals surface area contributed by atoms with E-state index in [0.717, 1.165) is 18.1 Å². The largest absolute Gasteiger partial charge is 0.481 e. The van der Waals surface area contributed by atoms with E-state index >= 15 is 0 Å². The number of nitrogens with zero attached hydrogens (tertiary/aromatic N) is 1. The van der Waals surface area contributed by atoms with Gasteiger partial charge in [0.1, 0.15) is 0 Å². The maximum Gasteiger partial charge on any atom is 0.215 e. The molecule has 2 N–H and O–H groups in total. The van der Waals surface area contributed by atoms with Gasteiger partial charge in [-0.1, -0.05) is 13.8 Å². The highest BCUT2D eigenvalue weighted by Crippen LogP contribution is 2.39. The van der Waals surface area contributed by atoms with Gasteiger partial charge in [-0.2, -0.15) is 4.98 Å². The van der Waals surface area contributed by atoms with Gasteiger partial charge in [0, 0.05) is 23.6 Å². The summed E-state index contributed by atoms with van der Waals surface area (Å²) >= 11 is 0. The summed E-state index contributed by atoms with van der Waals surface area (Å²) in [7, 11) is 1.63. The van der Waals surface area contributed by atoms with E-state index in [1.807, 2.05) is 12.1 Å². The van der Waals surface area contributed by atoms with Crippen molar-refractivity contribution in [3.63, 3.8) is 0 Å². The monoisotopic (exact) mass is 235 g/mol. The number of anilines is 2. The van der Waals surface area contributed by atoms with E-state index in [0.29, 0.717) is 5.88 Å². The van der Waals surface area contributed by atoms with Crippen LogP contribution in [0, 0.1) is 5.41 Å². The molecule has 17 heavy (non-hydrogen) atoms. The van der Waals surface area contributed by atoms with Gasteiger partial charge in [0.05, 0.1) is 12.8 Å². The Morgan fingerprint density at radius 3 is 2.59 bits per heavy atom. The molecule has 4 heteroatoms. The van der Waals surface area contributed by atoms with Crippen LogP contribution in [0.3, 0.4) is 0 Å². The van der Waals surface area contributed by atoms with Crippen molar-refractivity contribution in [3.8, 4) is 5.88 Å². The Labute approximate surface area is 103 Å². The Morgan fingerprint density at radius 2 is 1.94 bits per heavy atom. The highest BCUT2D eigenvalue weighted by atomic mass is 16.5. The van der Waals surface area contributed by atoms with Gasteiger partial charge in [0.25, 0.3) is 0 Å². The number of rotatable bonds is 1. The lowest BCUT2D eigenvalue weighted by Crippen LogP contribution is -2.48. The summed E-state index contributed by atoms with van der Waals surface area (Å²) in [6.45, 7) is 9.80. The number of aromatic nitrogens is 1.